The number of anilines is 2. The molecule has 1 N–H and O–H groups in total. The van der Waals surface area contributed by atoms with Crippen LogP contribution in [0.15, 0.2) is 41.4 Å². The minimum absolute atomic E-state index is 0.239. The van der Waals surface area contributed by atoms with Gasteiger partial charge in [0.1, 0.15) is 5.82 Å². The molecule has 6 nitrogen and oxygen atoms in total. The van der Waals surface area contributed by atoms with Gasteiger partial charge in [-0.25, -0.2) is 18.1 Å². The topological polar surface area (TPSA) is 65.5 Å². The van der Waals surface area contributed by atoms with E-state index in [9.17, 15) is 8.42 Å². The molecule has 1 aromatic heterocycles. The van der Waals surface area contributed by atoms with Gasteiger partial charge in [-0.15, -0.1) is 0 Å². The SMILES string of the molecule is CN1CCc2ccc(S(=O)(=O)NCc3ccc(N4CCCC4)nc3)cc21. The number of fused-ring (bicyclic) bond motifs is 1. The molecule has 3 heterocycles. The highest BCUT2D eigenvalue weighted by Crippen LogP contribution is 2.29. The largest absolute Gasteiger partial charge is 0.374 e. The number of pyridine rings is 1. The first-order chi connectivity index (χ1) is 12.5. The molecule has 0 radical (unpaired) electrons. The lowest BCUT2D eigenvalue weighted by Gasteiger charge is -2.16. The van der Waals surface area contributed by atoms with Gasteiger partial charge in [0.2, 0.25) is 10.0 Å². The summed E-state index contributed by atoms with van der Waals surface area (Å²) in [7, 11) is -1.55. The lowest BCUT2D eigenvalue weighted by molar-refractivity contribution is 0.581. The van der Waals surface area contributed by atoms with Crippen molar-refractivity contribution >= 4 is 21.5 Å². The van der Waals surface area contributed by atoms with Crippen molar-refractivity contribution in [3.63, 3.8) is 0 Å². The zero-order valence-electron chi connectivity index (χ0n) is 15.0. The van der Waals surface area contributed by atoms with E-state index in [1.54, 1.807) is 18.3 Å². The van der Waals surface area contributed by atoms with Crippen LogP contribution in [0.4, 0.5) is 11.5 Å². The fourth-order valence-corrected chi connectivity index (χ4v) is 4.64. The molecule has 2 aliphatic rings. The standard InChI is InChI=1S/C19H24N4O2S/c1-22-11-8-16-5-6-17(12-18(16)22)26(24,25)21-14-15-4-7-19(20-13-15)23-9-2-3-10-23/h4-7,12-13,21H,2-3,8-11,14H2,1H3. The monoisotopic (exact) mass is 372 g/mol. The van der Waals surface area contributed by atoms with Gasteiger partial charge in [0, 0.05) is 45.1 Å². The third-order valence-corrected chi connectivity index (χ3v) is 6.60. The summed E-state index contributed by atoms with van der Waals surface area (Å²) in [4.78, 5) is 9.14. The van der Waals surface area contributed by atoms with E-state index in [2.05, 4.69) is 19.5 Å². The summed E-state index contributed by atoms with van der Waals surface area (Å²) in [5.74, 6) is 0.968. The smallest absolute Gasteiger partial charge is 0.240 e. The Morgan fingerprint density at radius 2 is 1.92 bits per heavy atom. The summed E-state index contributed by atoms with van der Waals surface area (Å²) < 4.78 is 27.9. The van der Waals surface area contributed by atoms with Crippen LogP contribution in [0.3, 0.4) is 0 Å². The molecular formula is C19H24N4O2S. The molecule has 1 fully saturated rings. The van der Waals surface area contributed by atoms with Gasteiger partial charge in [-0.05, 0) is 48.6 Å². The van der Waals surface area contributed by atoms with Gasteiger partial charge >= 0.3 is 0 Å². The zero-order valence-corrected chi connectivity index (χ0v) is 15.8. The fourth-order valence-electron chi connectivity index (χ4n) is 3.60. The van der Waals surface area contributed by atoms with Crippen molar-refractivity contribution in [1.29, 1.82) is 0 Å². The maximum absolute atomic E-state index is 12.6. The fraction of sp³-hybridized carbons (Fsp3) is 0.421. The van der Waals surface area contributed by atoms with Crippen LogP contribution in [0, 0.1) is 0 Å². The second-order valence-electron chi connectivity index (χ2n) is 7.01. The highest BCUT2D eigenvalue weighted by atomic mass is 32.2. The van der Waals surface area contributed by atoms with Crippen molar-refractivity contribution in [3.05, 3.63) is 47.7 Å². The Morgan fingerprint density at radius 3 is 2.65 bits per heavy atom. The summed E-state index contributed by atoms with van der Waals surface area (Å²) in [5, 5.41) is 0. The molecule has 7 heteroatoms. The van der Waals surface area contributed by atoms with Crippen molar-refractivity contribution in [1.82, 2.24) is 9.71 Å². The molecule has 0 aliphatic carbocycles. The van der Waals surface area contributed by atoms with E-state index in [4.69, 9.17) is 0 Å². The molecule has 138 valence electrons. The summed E-state index contributed by atoms with van der Waals surface area (Å²) >= 11 is 0. The highest BCUT2D eigenvalue weighted by molar-refractivity contribution is 7.89. The molecule has 1 aromatic carbocycles. The van der Waals surface area contributed by atoms with Crippen molar-refractivity contribution in [2.45, 2.75) is 30.7 Å². The molecule has 0 bridgehead atoms. The van der Waals surface area contributed by atoms with Crippen LogP contribution in [-0.4, -0.2) is 40.1 Å². The van der Waals surface area contributed by atoms with Crippen molar-refractivity contribution in [2.24, 2.45) is 0 Å². The van der Waals surface area contributed by atoms with E-state index < -0.39 is 10.0 Å². The summed E-state index contributed by atoms with van der Waals surface area (Å²) in [5.41, 5.74) is 3.06. The average molecular weight is 372 g/mol. The number of aromatic nitrogens is 1. The molecule has 2 aliphatic heterocycles. The van der Waals surface area contributed by atoms with Gasteiger partial charge in [-0.1, -0.05) is 12.1 Å². The van der Waals surface area contributed by atoms with E-state index in [1.807, 2.05) is 25.2 Å². The van der Waals surface area contributed by atoms with Crippen molar-refractivity contribution in [2.75, 3.05) is 36.5 Å². The van der Waals surface area contributed by atoms with E-state index in [-0.39, 0.29) is 6.54 Å². The number of sulfonamides is 1. The van der Waals surface area contributed by atoms with Gasteiger partial charge < -0.3 is 9.80 Å². The Morgan fingerprint density at radius 1 is 1.12 bits per heavy atom. The predicted molar refractivity (Wildman–Crippen MR) is 103 cm³/mol. The maximum Gasteiger partial charge on any atom is 0.240 e. The summed E-state index contributed by atoms with van der Waals surface area (Å²) in [6.45, 7) is 3.27. The number of likely N-dealkylation sites (N-methyl/N-ethyl adjacent to an activating group) is 1. The molecule has 0 unspecified atom stereocenters. The Labute approximate surface area is 154 Å². The first kappa shape index (κ1) is 17.3. The first-order valence-corrected chi connectivity index (χ1v) is 10.5. The van der Waals surface area contributed by atoms with Gasteiger partial charge in [0.25, 0.3) is 0 Å². The molecule has 2 aromatic rings. The first-order valence-electron chi connectivity index (χ1n) is 9.06. The third-order valence-electron chi connectivity index (χ3n) is 5.20. The van der Waals surface area contributed by atoms with Crippen LogP contribution in [0.25, 0.3) is 0 Å². The van der Waals surface area contributed by atoms with Crippen LogP contribution in [0.2, 0.25) is 0 Å². The van der Waals surface area contributed by atoms with Gasteiger partial charge in [0.15, 0.2) is 0 Å². The molecule has 0 saturated carbocycles. The van der Waals surface area contributed by atoms with Crippen LogP contribution in [-0.2, 0) is 23.0 Å². The molecule has 1 saturated heterocycles. The van der Waals surface area contributed by atoms with Gasteiger partial charge in [-0.2, -0.15) is 0 Å². The molecule has 4 rings (SSSR count). The number of hydrogen-bond donors (Lipinski definition) is 1. The second kappa shape index (κ2) is 6.89. The van der Waals surface area contributed by atoms with E-state index in [0.717, 1.165) is 43.1 Å². The quantitative estimate of drug-likeness (QED) is 0.871. The van der Waals surface area contributed by atoms with Crippen LogP contribution in [0.1, 0.15) is 24.0 Å². The van der Waals surface area contributed by atoms with Crippen molar-refractivity contribution < 1.29 is 8.42 Å². The molecule has 0 spiro atoms. The number of hydrogen-bond acceptors (Lipinski definition) is 5. The molecule has 0 atom stereocenters. The second-order valence-corrected chi connectivity index (χ2v) is 8.77. The maximum atomic E-state index is 12.6. The Kier molecular flexibility index (Phi) is 4.58. The third kappa shape index (κ3) is 3.41. The van der Waals surface area contributed by atoms with E-state index >= 15 is 0 Å². The number of benzene rings is 1. The van der Waals surface area contributed by atoms with Crippen molar-refractivity contribution in [3.8, 4) is 0 Å². The number of rotatable bonds is 5. The molecule has 26 heavy (non-hydrogen) atoms. The minimum atomic E-state index is -3.54. The van der Waals surface area contributed by atoms with Gasteiger partial charge in [-0.3, -0.25) is 0 Å². The predicted octanol–water partition coefficient (Wildman–Crippen LogP) is 2.15. The zero-order chi connectivity index (χ0) is 18.1. The number of nitrogens with one attached hydrogen (secondary N) is 1. The lowest BCUT2D eigenvalue weighted by Crippen LogP contribution is -2.24. The average Bonchev–Trinajstić information content (AvgIpc) is 3.31. The highest BCUT2D eigenvalue weighted by Gasteiger charge is 2.21. The minimum Gasteiger partial charge on any atom is -0.374 e. The normalized spacial score (nSPS) is 17.0. The Hall–Kier alpha value is -2.12. The number of nitrogens with zero attached hydrogens (tertiary/aromatic N) is 3. The van der Waals surface area contributed by atoms with Crippen LogP contribution >= 0.6 is 0 Å². The molecule has 0 amide bonds. The van der Waals surface area contributed by atoms with Gasteiger partial charge in [0.05, 0.1) is 4.90 Å². The Balaban J connectivity index is 1.44. The van der Waals surface area contributed by atoms with E-state index in [0.29, 0.717) is 4.90 Å². The van der Waals surface area contributed by atoms with E-state index in [1.165, 1.54) is 18.4 Å². The van der Waals surface area contributed by atoms with Crippen LogP contribution < -0.4 is 14.5 Å². The lowest BCUT2D eigenvalue weighted by atomic mass is 10.2. The summed E-state index contributed by atoms with van der Waals surface area (Å²) in [6.07, 6.45) is 5.14. The summed E-state index contributed by atoms with van der Waals surface area (Å²) in [6, 6.07) is 9.28. The van der Waals surface area contributed by atoms with Crippen LogP contribution in [0.5, 0.6) is 0 Å². The Bertz CT molecular complexity index is 890. The molecular weight excluding hydrogens is 348 g/mol.